The van der Waals surface area contributed by atoms with Gasteiger partial charge in [-0.15, -0.1) is 0 Å². The monoisotopic (exact) mass is 363 g/mol. The summed E-state index contributed by atoms with van der Waals surface area (Å²) >= 11 is 0. The van der Waals surface area contributed by atoms with Crippen LogP contribution in [0.1, 0.15) is 43.0 Å². The van der Waals surface area contributed by atoms with Crippen LogP contribution in [0.25, 0.3) is 0 Å². The predicted molar refractivity (Wildman–Crippen MR) is 99.5 cm³/mol. The molecule has 0 aliphatic carbocycles. The van der Waals surface area contributed by atoms with E-state index in [1.54, 1.807) is 18.2 Å². The quantitative estimate of drug-likeness (QED) is 0.649. The molecule has 7 nitrogen and oxygen atoms in total. The summed E-state index contributed by atoms with van der Waals surface area (Å²) in [5, 5.41) is 2.81. The number of carbonyl (C=O) groups excluding carboxylic acids is 2. The second-order valence-corrected chi connectivity index (χ2v) is 6.22. The number of hydrogen-bond acceptors (Lipinski definition) is 5. The minimum Gasteiger partial charge on any atom is -0.490 e. The number of hydrogen-bond donors (Lipinski definition) is 2. The Morgan fingerprint density at radius 2 is 1.92 bits per heavy atom. The van der Waals surface area contributed by atoms with E-state index < -0.39 is 0 Å². The molecule has 0 spiro atoms. The second kappa shape index (κ2) is 10.7. The van der Waals surface area contributed by atoms with E-state index in [4.69, 9.17) is 15.2 Å². The first-order valence-corrected chi connectivity index (χ1v) is 9.31. The molecule has 0 unspecified atom stereocenters. The molecule has 144 valence electrons. The minimum atomic E-state index is -0.185. The molecule has 0 radical (unpaired) electrons. The molecule has 1 aromatic carbocycles. The number of nitrogens with zero attached hydrogens (tertiary/aromatic N) is 1. The number of piperidine rings is 1. The van der Waals surface area contributed by atoms with Gasteiger partial charge in [-0.3, -0.25) is 9.59 Å². The summed E-state index contributed by atoms with van der Waals surface area (Å²) in [6, 6.07) is 4.98. The molecule has 2 rings (SSSR count). The standard InChI is InChI=1S/C19H29N3O4/c1-2-25-17-13-15(19(24)21-10-6-9-20)7-8-16(17)26-14-18(23)22-11-4-3-5-12-22/h7-8,13H,2-6,9-12,14,20H2,1H3,(H,21,24). The maximum absolute atomic E-state index is 12.2. The lowest BCUT2D eigenvalue weighted by Crippen LogP contribution is -2.38. The number of rotatable bonds is 9. The van der Waals surface area contributed by atoms with Gasteiger partial charge in [0.05, 0.1) is 6.61 Å². The molecular weight excluding hydrogens is 334 g/mol. The summed E-state index contributed by atoms with van der Waals surface area (Å²) in [6.07, 6.45) is 3.99. The lowest BCUT2D eigenvalue weighted by Gasteiger charge is -2.26. The highest BCUT2D eigenvalue weighted by Gasteiger charge is 2.18. The van der Waals surface area contributed by atoms with Gasteiger partial charge in [0, 0.05) is 25.2 Å². The Balaban J connectivity index is 1.98. The van der Waals surface area contributed by atoms with Crippen molar-refractivity contribution >= 4 is 11.8 Å². The number of ether oxygens (including phenoxy) is 2. The Kier molecular flexibility index (Phi) is 8.21. The summed E-state index contributed by atoms with van der Waals surface area (Å²) in [5.41, 5.74) is 5.92. The van der Waals surface area contributed by atoms with Crippen molar-refractivity contribution in [3.05, 3.63) is 23.8 Å². The molecule has 0 saturated carbocycles. The van der Waals surface area contributed by atoms with E-state index in [0.717, 1.165) is 32.4 Å². The molecule has 0 bridgehead atoms. The van der Waals surface area contributed by atoms with Crippen molar-refractivity contribution in [1.29, 1.82) is 0 Å². The summed E-state index contributed by atoms with van der Waals surface area (Å²) in [7, 11) is 0. The smallest absolute Gasteiger partial charge is 0.260 e. The number of likely N-dealkylation sites (tertiary alicyclic amines) is 1. The van der Waals surface area contributed by atoms with Crippen molar-refractivity contribution in [2.75, 3.05) is 39.4 Å². The van der Waals surface area contributed by atoms with Crippen molar-refractivity contribution in [3.63, 3.8) is 0 Å². The van der Waals surface area contributed by atoms with Gasteiger partial charge in [0.1, 0.15) is 0 Å². The van der Waals surface area contributed by atoms with Gasteiger partial charge in [0.15, 0.2) is 18.1 Å². The van der Waals surface area contributed by atoms with Crippen LogP contribution in [0.4, 0.5) is 0 Å². The van der Waals surface area contributed by atoms with Gasteiger partial charge < -0.3 is 25.4 Å². The van der Waals surface area contributed by atoms with E-state index in [2.05, 4.69) is 5.32 Å². The summed E-state index contributed by atoms with van der Waals surface area (Å²) in [5.74, 6) is 0.729. The topological polar surface area (TPSA) is 93.9 Å². The van der Waals surface area contributed by atoms with Gasteiger partial charge in [0.2, 0.25) is 0 Å². The van der Waals surface area contributed by atoms with E-state index in [-0.39, 0.29) is 18.4 Å². The second-order valence-electron chi connectivity index (χ2n) is 6.22. The highest BCUT2D eigenvalue weighted by atomic mass is 16.5. The average molecular weight is 363 g/mol. The molecular formula is C19H29N3O4. The third-order valence-electron chi connectivity index (χ3n) is 4.23. The Hall–Kier alpha value is -2.28. The molecule has 1 saturated heterocycles. The molecule has 1 aliphatic rings. The minimum absolute atomic E-state index is 0.0178. The fourth-order valence-corrected chi connectivity index (χ4v) is 2.82. The normalized spacial score (nSPS) is 14.0. The SMILES string of the molecule is CCOc1cc(C(=O)NCCCN)ccc1OCC(=O)N1CCCCC1. The van der Waals surface area contributed by atoms with E-state index >= 15 is 0 Å². The molecule has 1 aromatic rings. The fraction of sp³-hybridized carbons (Fsp3) is 0.579. The van der Waals surface area contributed by atoms with Gasteiger partial charge in [-0.2, -0.15) is 0 Å². The lowest BCUT2D eigenvalue weighted by molar-refractivity contribution is -0.134. The van der Waals surface area contributed by atoms with Crippen molar-refractivity contribution in [3.8, 4) is 11.5 Å². The van der Waals surface area contributed by atoms with Crippen LogP contribution in [0.15, 0.2) is 18.2 Å². The van der Waals surface area contributed by atoms with Crippen LogP contribution < -0.4 is 20.5 Å². The van der Waals surface area contributed by atoms with Crippen LogP contribution in [0, 0.1) is 0 Å². The van der Waals surface area contributed by atoms with Gasteiger partial charge >= 0.3 is 0 Å². The van der Waals surface area contributed by atoms with E-state index in [1.165, 1.54) is 6.42 Å². The Morgan fingerprint density at radius 3 is 2.62 bits per heavy atom. The van der Waals surface area contributed by atoms with Crippen LogP contribution in [0.2, 0.25) is 0 Å². The Labute approximate surface area is 154 Å². The van der Waals surface area contributed by atoms with E-state index in [1.807, 2.05) is 11.8 Å². The van der Waals surface area contributed by atoms with Crippen molar-refractivity contribution in [2.24, 2.45) is 5.73 Å². The summed E-state index contributed by atoms with van der Waals surface area (Å²) in [6.45, 7) is 4.92. The highest BCUT2D eigenvalue weighted by Crippen LogP contribution is 2.28. The predicted octanol–water partition coefficient (Wildman–Crippen LogP) is 1.56. The van der Waals surface area contributed by atoms with Crippen LogP contribution in [-0.2, 0) is 4.79 Å². The molecule has 3 N–H and O–H groups in total. The first kappa shape index (κ1) is 20.0. The Morgan fingerprint density at radius 1 is 1.15 bits per heavy atom. The molecule has 1 fully saturated rings. The molecule has 26 heavy (non-hydrogen) atoms. The molecule has 2 amide bonds. The van der Waals surface area contributed by atoms with Gasteiger partial charge in [0.25, 0.3) is 11.8 Å². The molecule has 1 heterocycles. The van der Waals surface area contributed by atoms with Crippen LogP contribution >= 0.6 is 0 Å². The number of amides is 2. The average Bonchev–Trinajstić information content (AvgIpc) is 2.67. The lowest BCUT2D eigenvalue weighted by atomic mass is 10.1. The number of nitrogens with two attached hydrogens (primary N) is 1. The third-order valence-corrected chi connectivity index (χ3v) is 4.23. The van der Waals surface area contributed by atoms with Crippen molar-refractivity contribution < 1.29 is 19.1 Å². The van der Waals surface area contributed by atoms with Gasteiger partial charge in [-0.05, 0) is 57.4 Å². The Bertz CT molecular complexity index is 600. The highest BCUT2D eigenvalue weighted by molar-refractivity contribution is 5.94. The molecule has 1 aliphatic heterocycles. The van der Waals surface area contributed by atoms with Crippen LogP contribution in [0.5, 0.6) is 11.5 Å². The fourth-order valence-electron chi connectivity index (χ4n) is 2.82. The van der Waals surface area contributed by atoms with Crippen LogP contribution in [0.3, 0.4) is 0 Å². The first-order valence-electron chi connectivity index (χ1n) is 9.31. The molecule has 0 aromatic heterocycles. The van der Waals surface area contributed by atoms with E-state index in [9.17, 15) is 9.59 Å². The maximum Gasteiger partial charge on any atom is 0.260 e. The zero-order valence-corrected chi connectivity index (χ0v) is 15.5. The van der Waals surface area contributed by atoms with E-state index in [0.29, 0.717) is 36.8 Å². The number of benzene rings is 1. The third kappa shape index (κ3) is 5.91. The van der Waals surface area contributed by atoms with Crippen LogP contribution in [-0.4, -0.2) is 56.1 Å². The maximum atomic E-state index is 12.2. The zero-order valence-electron chi connectivity index (χ0n) is 15.5. The first-order chi connectivity index (χ1) is 12.7. The van der Waals surface area contributed by atoms with Gasteiger partial charge in [-0.1, -0.05) is 0 Å². The largest absolute Gasteiger partial charge is 0.490 e. The van der Waals surface area contributed by atoms with Crippen molar-refractivity contribution in [2.45, 2.75) is 32.6 Å². The zero-order chi connectivity index (χ0) is 18.8. The van der Waals surface area contributed by atoms with Crippen molar-refractivity contribution in [1.82, 2.24) is 10.2 Å². The number of carbonyl (C=O) groups is 2. The molecule has 7 heteroatoms. The van der Waals surface area contributed by atoms with Gasteiger partial charge in [-0.25, -0.2) is 0 Å². The summed E-state index contributed by atoms with van der Waals surface area (Å²) in [4.78, 5) is 26.2. The number of nitrogens with one attached hydrogen (secondary N) is 1. The summed E-state index contributed by atoms with van der Waals surface area (Å²) < 4.78 is 11.3. The molecule has 0 atom stereocenters.